The van der Waals surface area contributed by atoms with Crippen LogP contribution in [-0.4, -0.2) is 46.6 Å². The molecule has 1 aromatic heterocycles. The number of ketones is 1. The van der Waals surface area contributed by atoms with E-state index in [0.29, 0.717) is 39.1 Å². The van der Waals surface area contributed by atoms with E-state index in [-0.39, 0.29) is 23.1 Å². The molecule has 0 saturated heterocycles. The summed E-state index contributed by atoms with van der Waals surface area (Å²) in [6.45, 7) is 0. The fraction of sp³-hybridized carbons (Fsp3) is 0.0857. The quantitative estimate of drug-likeness (QED) is 0.0374. The Morgan fingerprint density at radius 3 is 1.89 bits per heavy atom. The highest BCUT2D eigenvalue weighted by Gasteiger charge is 2.13. The van der Waals surface area contributed by atoms with E-state index in [4.69, 9.17) is 9.47 Å². The van der Waals surface area contributed by atoms with Crippen molar-refractivity contribution in [3.63, 3.8) is 0 Å². The van der Waals surface area contributed by atoms with Crippen LogP contribution in [0.25, 0.3) is 28.6 Å². The molecule has 230 valence electrons. The molecular weight excluding hydrogens is 604 g/mol. The Morgan fingerprint density at radius 1 is 0.804 bits per heavy atom. The second kappa shape index (κ2) is 14.8. The number of non-ortho nitro benzene ring substituents is 1. The number of nitro groups is 1. The number of nitrogens with zero attached hydrogens (tertiary/aromatic N) is 3. The van der Waals surface area contributed by atoms with E-state index in [9.17, 15) is 19.7 Å². The average Bonchev–Trinajstić information content (AvgIpc) is 3.10. The number of carbonyl (C=O) groups excluding carboxylic acids is 2. The summed E-state index contributed by atoms with van der Waals surface area (Å²) in [5, 5.41) is 14.3. The zero-order valence-corrected chi connectivity index (χ0v) is 25.7. The Balaban J connectivity index is 1.26. The molecule has 0 unspecified atom stereocenters. The summed E-state index contributed by atoms with van der Waals surface area (Å²) in [6.07, 6.45) is 3.23. The van der Waals surface area contributed by atoms with Crippen LogP contribution in [0.5, 0.6) is 11.5 Å². The number of ether oxygens (including phenoxy) is 2. The maximum atomic E-state index is 12.8. The number of benzene rings is 4. The molecule has 5 aromatic rings. The third kappa shape index (κ3) is 8.21. The summed E-state index contributed by atoms with van der Waals surface area (Å²) < 4.78 is 10.4. The molecule has 0 spiro atoms. The van der Waals surface area contributed by atoms with Crippen molar-refractivity contribution in [2.24, 2.45) is 0 Å². The molecule has 0 fully saturated rings. The molecule has 0 aliphatic heterocycles. The predicted octanol–water partition coefficient (Wildman–Crippen LogP) is 7.36. The number of amides is 1. The van der Waals surface area contributed by atoms with Gasteiger partial charge in [-0.25, -0.2) is 9.97 Å². The SMILES string of the molecule is COc1ccc(/C=C/C(=O)c2ccc(NC(=O)CSc3nc(-c4ccc(OC)cc4)cc(-c4ccc([N+](=O)[O-])cc4)n3)cc2)cc1. The number of aromatic nitrogens is 2. The number of allylic oxidation sites excluding steroid dienone is 1. The highest BCUT2D eigenvalue weighted by molar-refractivity contribution is 7.99. The van der Waals surface area contributed by atoms with Crippen LogP contribution in [0.3, 0.4) is 0 Å². The number of hydrogen-bond acceptors (Lipinski definition) is 9. The van der Waals surface area contributed by atoms with Crippen molar-refractivity contribution >= 4 is 40.9 Å². The first kappa shape index (κ1) is 31.6. The zero-order valence-electron chi connectivity index (χ0n) is 24.9. The minimum Gasteiger partial charge on any atom is -0.497 e. The van der Waals surface area contributed by atoms with Crippen molar-refractivity contribution in [2.45, 2.75) is 5.16 Å². The highest BCUT2D eigenvalue weighted by atomic mass is 32.2. The molecule has 0 atom stereocenters. The Kier molecular flexibility index (Phi) is 10.2. The molecule has 0 aliphatic carbocycles. The molecule has 0 saturated carbocycles. The summed E-state index contributed by atoms with van der Waals surface area (Å²) >= 11 is 1.16. The number of carbonyl (C=O) groups is 2. The number of rotatable bonds is 12. The number of thioether (sulfide) groups is 1. The summed E-state index contributed by atoms with van der Waals surface area (Å²) in [4.78, 5) is 45.4. The van der Waals surface area contributed by atoms with Crippen molar-refractivity contribution in [3.8, 4) is 34.0 Å². The summed E-state index contributed by atoms with van der Waals surface area (Å²) in [7, 11) is 3.18. The van der Waals surface area contributed by atoms with Crippen LogP contribution in [0.4, 0.5) is 11.4 Å². The van der Waals surface area contributed by atoms with Crippen LogP contribution in [-0.2, 0) is 4.79 Å². The van der Waals surface area contributed by atoms with Crippen LogP contribution in [0.2, 0.25) is 0 Å². The van der Waals surface area contributed by atoms with Gasteiger partial charge in [-0.2, -0.15) is 0 Å². The maximum Gasteiger partial charge on any atom is 0.269 e. The summed E-state index contributed by atoms with van der Waals surface area (Å²) in [6, 6.07) is 29.3. The monoisotopic (exact) mass is 632 g/mol. The van der Waals surface area contributed by atoms with Gasteiger partial charge in [0.15, 0.2) is 10.9 Å². The van der Waals surface area contributed by atoms with Crippen molar-refractivity contribution in [3.05, 3.63) is 130 Å². The molecule has 0 bridgehead atoms. The van der Waals surface area contributed by atoms with E-state index in [0.717, 1.165) is 28.6 Å². The second-order valence-electron chi connectivity index (χ2n) is 9.84. The first-order chi connectivity index (χ1) is 22.3. The van der Waals surface area contributed by atoms with Gasteiger partial charge in [0.2, 0.25) is 5.91 Å². The van der Waals surface area contributed by atoms with E-state index in [2.05, 4.69) is 15.3 Å². The second-order valence-corrected chi connectivity index (χ2v) is 10.8. The molecule has 46 heavy (non-hydrogen) atoms. The molecule has 11 heteroatoms. The van der Waals surface area contributed by atoms with Crippen molar-refractivity contribution < 1.29 is 24.0 Å². The molecule has 1 N–H and O–H groups in total. The van der Waals surface area contributed by atoms with Gasteiger partial charge in [0.1, 0.15) is 11.5 Å². The Hall–Kier alpha value is -5.81. The molecule has 1 heterocycles. The normalized spacial score (nSPS) is 10.8. The molecule has 1 amide bonds. The lowest BCUT2D eigenvalue weighted by molar-refractivity contribution is -0.384. The predicted molar refractivity (Wildman–Crippen MR) is 178 cm³/mol. The molecule has 0 radical (unpaired) electrons. The standard InChI is InChI=1S/C35H28N4O6S/c1-44-29-16-3-23(4-17-29)5-20-33(40)26-6-12-27(13-7-26)36-34(41)22-46-35-37-31(24-8-14-28(15-9-24)39(42)43)21-32(38-35)25-10-18-30(45-2)19-11-25/h3-21H,22H2,1-2H3,(H,36,41)/b20-5+. The molecule has 10 nitrogen and oxygen atoms in total. The maximum absolute atomic E-state index is 12.8. The van der Waals surface area contributed by atoms with E-state index in [1.807, 2.05) is 48.5 Å². The topological polar surface area (TPSA) is 134 Å². The van der Waals surface area contributed by atoms with Crippen LogP contribution in [0.1, 0.15) is 15.9 Å². The molecule has 0 aliphatic rings. The van der Waals surface area contributed by atoms with Crippen LogP contribution < -0.4 is 14.8 Å². The molecule has 5 rings (SSSR count). The Labute approximate surface area is 269 Å². The van der Waals surface area contributed by atoms with Crippen LogP contribution >= 0.6 is 11.8 Å². The Bertz CT molecular complexity index is 1880. The van der Waals surface area contributed by atoms with Gasteiger partial charge >= 0.3 is 0 Å². The lowest BCUT2D eigenvalue weighted by Crippen LogP contribution is -2.14. The largest absolute Gasteiger partial charge is 0.497 e. The van der Waals surface area contributed by atoms with Gasteiger partial charge in [0, 0.05) is 34.5 Å². The number of nitro benzene ring substituents is 1. The van der Waals surface area contributed by atoms with Gasteiger partial charge < -0.3 is 14.8 Å². The smallest absolute Gasteiger partial charge is 0.269 e. The first-order valence-electron chi connectivity index (χ1n) is 14.0. The minimum absolute atomic E-state index is 0.0248. The minimum atomic E-state index is -0.459. The third-order valence-electron chi connectivity index (χ3n) is 6.79. The van der Waals surface area contributed by atoms with Crippen molar-refractivity contribution in [1.82, 2.24) is 9.97 Å². The van der Waals surface area contributed by atoms with Crippen molar-refractivity contribution in [2.75, 3.05) is 25.3 Å². The van der Waals surface area contributed by atoms with Gasteiger partial charge in [-0.15, -0.1) is 0 Å². The van der Waals surface area contributed by atoms with Crippen molar-refractivity contribution in [1.29, 1.82) is 0 Å². The Morgan fingerprint density at radius 2 is 1.35 bits per heavy atom. The third-order valence-corrected chi connectivity index (χ3v) is 7.64. The fourth-order valence-corrected chi connectivity index (χ4v) is 4.99. The van der Waals surface area contributed by atoms with Gasteiger partial charge in [-0.3, -0.25) is 19.7 Å². The van der Waals surface area contributed by atoms with Gasteiger partial charge in [-0.05, 0) is 90.5 Å². The van der Waals surface area contributed by atoms with Gasteiger partial charge in [-0.1, -0.05) is 30.0 Å². The van der Waals surface area contributed by atoms with E-state index in [1.54, 1.807) is 62.8 Å². The summed E-state index contributed by atoms with van der Waals surface area (Å²) in [5.74, 6) is 1.01. The van der Waals surface area contributed by atoms with E-state index < -0.39 is 4.92 Å². The fourth-order valence-electron chi connectivity index (χ4n) is 4.33. The molecule has 4 aromatic carbocycles. The number of hydrogen-bond donors (Lipinski definition) is 1. The number of anilines is 1. The van der Waals surface area contributed by atoms with Gasteiger partial charge in [0.05, 0.1) is 36.3 Å². The number of nitrogens with one attached hydrogen (secondary N) is 1. The van der Waals surface area contributed by atoms with Crippen LogP contribution in [0.15, 0.2) is 114 Å². The lowest BCUT2D eigenvalue weighted by atomic mass is 10.1. The zero-order chi connectivity index (χ0) is 32.5. The van der Waals surface area contributed by atoms with E-state index in [1.165, 1.54) is 18.2 Å². The van der Waals surface area contributed by atoms with Crippen LogP contribution in [0, 0.1) is 10.1 Å². The average molecular weight is 633 g/mol. The highest BCUT2D eigenvalue weighted by Crippen LogP contribution is 2.29. The number of methoxy groups -OCH3 is 2. The molecular formula is C35H28N4O6S. The van der Waals surface area contributed by atoms with Gasteiger partial charge in [0.25, 0.3) is 5.69 Å². The van der Waals surface area contributed by atoms with E-state index >= 15 is 0 Å². The lowest BCUT2D eigenvalue weighted by Gasteiger charge is -2.10. The summed E-state index contributed by atoms with van der Waals surface area (Å²) in [5.41, 5.74) is 4.53. The first-order valence-corrected chi connectivity index (χ1v) is 15.0.